The molecule has 0 radical (unpaired) electrons. The maximum Gasteiger partial charge on any atom is 0.0431 e. The minimum atomic E-state index is 0.288. The van der Waals surface area contributed by atoms with Gasteiger partial charge in [-0.3, -0.25) is 0 Å². The van der Waals surface area contributed by atoms with E-state index in [0.717, 1.165) is 25.8 Å². The SMILES string of the molecule is CCc1cccc(NCCCCO)c1. The predicted molar refractivity (Wildman–Crippen MR) is 60.6 cm³/mol. The van der Waals surface area contributed by atoms with E-state index in [1.165, 1.54) is 11.3 Å². The molecule has 2 heteroatoms. The molecule has 0 atom stereocenters. The first-order chi connectivity index (χ1) is 6.86. The van der Waals surface area contributed by atoms with Crippen LogP contribution in [0.1, 0.15) is 25.3 Å². The van der Waals surface area contributed by atoms with Gasteiger partial charge in [-0.15, -0.1) is 0 Å². The minimum absolute atomic E-state index is 0.288. The van der Waals surface area contributed by atoms with Gasteiger partial charge >= 0.3 is 0 Å². The molecule has 0 unspecified atom stereocenters. The van der Waals surface area contributed by atoms with Gasteiger partial charge in [0, 0.05) is 18.8 Å². The molecule has 0 heterocycles. The number of rotatable bonds is 6. The van der Waals surface area contributed by atoms with Crippen LogP contribution in [0.2, 0.25) is 0 Å². The lowest BCUT2D eigenvalue weighted by Gasteiger charge is -2.06. The Morgan fingerprint density at radius 3 is 2.86 bits per heavy atom. The average Bonchev–Trinajstić information content (AvgIpc) is 2.25. The zero-order chi connectivity index (χ0) is 10.2. The van der Waals surface area contributed by atoms with Crippen molar-refractivity contribution in [3.05, 3.63) is 29.8 Å². The number of aryl methyl sites for hydroxylation is 1. The fourth-order valence-electron chi connectivity index (χ4n) is 1.37. The largest absolute Gasteiger partial charge is 0.396 e. The van der Waals surface area contributed by atoms with Crippen LogP contribution in [0.25, 0.3) is 0 Å². The van der Waals surface area contributed by atoms with Crippen molar-refractivity contribution in [3.8, 4) is 0 Å². The number of unbranched alkanes of at least 4 members (excludes halogenated alkanes) is 1. The molecule has 2 nitrogen and oxygen atoms in total. The average molecular weight is 193 g/mol. The van der Waals surface area contributed by atoms with Crippen molar-refractivity contribution in [2.24, 2.45) is 0 Å². The van der Waals surface area contributed by atoms with Crippen molar-refractivity contribution < 1.29 is 5.11 Å². The van der Waals surface area contributed by atoms with Crippen LogP contribution < -0.4 is 5.32 Å². The van der Waals surface area contributed by atoms with Gasteiger partial charge in [-0.2, -0.15) is 0 Å². The van der Waals surface area contributed by atoms with Gasteiger partial charge < -0.3 is 10.4 Å². The Morgan fingerprint density at radius 2 is 2.14 bits per heavy atom. The lowest BCUT2D eigenvalue weighted by molar-refractivity contribution is 0.286. The lowest BCUT2D eigenvalue weighted by Crippen LogP contribution is -2.02. The number of hydrogen-bond acceptors (Lipinski definition) is 2. The van der Waals surface area contributed by atoms with E-state index in [-0.39, 0.29) is 6.61 Å². The zero-order valence-electron chi connectivity index (χ0n) is 8.79. The van der Waals surface area contributed by atoms with E-state index in [9.17, 15) is 0 Å². The summed E-state index contributed by atoms with van der Waals surface area (Å²) in [7, 11) is 0. The van der Waals surface area contributed by atoms with Crippen LogP contribution in [0.5, 0.6) is 0 Å². The molecule has 0 amide bonds. The van der Waals surface area contributed by atoms with E-state index >= 15 is 0 Å². The van der Waals surface area contributed by atoms with Gasteiger partial charge in [-0.1, -0.05) is 19.1 Å². The third-order valence-electron chi connectivity index (χ3n) is 2.25. The van der Waals surface area contributed by atoms with Gasteiger partial charge in [-0.05, 0) is 37.0 Å². The minimum Gasteiger partial charge on any atom is -0.396 e. The molecular weight excluding hydrogens is 174 g/mol. The fourth-order valence-corrected chi connectivity index (χ4v) is 1.37. The summed E-state index contributed by atoms with van der Waals surface area (Å²) in [4.78, 5) is 0. The molecule has 1 rings (SSSR count). The Kier molecular flexibility index (Phi) is 5.08. The van der Waals surface area contributed by atoms with Crippen molar-refractivity contribution in [2.75, 3.05) is 18.5 Å². The second kappa shape index (κ2) is 6.44. The quantitative estimate of drug-likeness (QED) is 0.680. The highest BCUT2D eigenvalue weighted by molar-refractivity contribution is 5.45. The Hall–Kier alpha value is -1.02. The van der Waals surface area contributed by atoms with Crippen molar-refractivity contribution in [1.82, 2.24) is 0 Å². The molecule has 1 aromatic carbocycles. The molecule has 78 valence electrons. The zero-order valence-corrected chi connectivity index (χ0v) is 8.79. The van der Waals surface area contributed by atoms with E-state index in [4.69, 9.17) is 5.11 Å². The molecular formula is C12H19NO. The molecule has 0 spiro atoms. The predicted octanol–water partition coefficient (Wildman–Crippen LogP) is 2.43. The van der Waals surface area contributed by atoms with Gasteiger partial charge in [0.25, 0.3) is 0 Å². The molecule has 1 aromatic rings. The fraction of sp³-hybridized carbons (Fsp3) is 0.500. The normalized spacial score (nSPS) is 10.1. The van der Waals surface area contributed by atoms with Gasteiger partial charge in [0.2, 0.25) is 0 Å². The number of aliphatic hydroxyl groups excluding tert-OH is 1. The van der Waals surface area contributed by atoms with Crippen LogP contribution in [0.4, 0.5) is 5.69 Å². The molecule has 0 aliphatic carbocycles. The summed E-state index contributed by atoms with van der Waals surface area (Å²) in [5.41, 5.74) is 2.54. The molecule has 0 saturated carbocycles. The lowest BCUT2D eigenvalue weighted by atomic mass is 10.1. The van der Waals surface area contributed by atoms with Gasteiger partial charge in [0.1, 0.15) is 0 Å². The van der Waals surface area contributed by atoms with Crippen LogP contribution >= 0.6 is 0 Å². The first kappa shape index (κ1) is 11.1. The summed E-state index contributed by atoms with van der Waals surface area (Å²) < 4.78 is 0. The van der Waals surface area contributed by atoms with Gasteiger partial charge in [0.15, 0.2) is 0 Å². The second-order valence-corrected chi connectivity index (χ2v) is 3.41. The summed E-state index contributed by atoms with van der Waals surface area (Å²) in [6.07, 6.45) is 2.97. The highest BCUT2D eigenvalue weighted by atomic mass is 16.2. The third kappa shape index (κ3) is 3.79. The van der Waals surface area contributed by atoms with Crippen molar-refractivity contribution in [2.45, 2.75) is 26.2 Å². The van der Waals surface area contributed by atoms with Crippen LogP contribution in [-0.4, -0.2) is 18.3 Å². The maximum atomic E-state index is 8.62. The molecule has 0 aliphatic rings. The van der Waals surface area contributed by atoms with E-state index in [2.05, 4.69) is 36.5 Å². The van der Waals surface area contributed by atoms with E-state index in [1.54, 1.807) is 0 Å². The molecule has 0 aromatic heterocycles. The van der Waals surface area contributed by atoms with Crippen LogP contribution in [0, 0.1) is 0 Å². The molecule has 0 saturated heterocycles. The highest BCUT2D eigenvalue weighted by Gasteiger charge is 1.93. The first-order valence-corrected chi connectivity index (χ1v) is 5.30. The van der Waals surface area contributed by atoms with Gasteiger partial charge in [-0.25, -0.2) is 0 Å². The number of nitrogens with one attached hydrogen (secondary N) is 1. The molecule has 14 heavy (non-hydrogen) atoms. The Bertz CT molecular complexity index is 260. The molecule has 0 aliphatic heterocycles. The smallest absolute Gasteiger partial charge is 0.0431 e. The summed E-state index contributed by atoms with van der Waals surface area (Å²) in [5, 5.41) is 12.0. The van der Waals surface area contributed by atoms with Crippen molar-refractivity contribution in [3.63, 3.8) is 0 Å². The standard InChI is InChI=1S/C12H19NO/c1-2-11-6-5-7-12(10-11)13-8-3-4-9-14/h5-7,10,13-14H,2-4,8-9H2,1H3. The third-order valence-corrected chi connectivity index (χ3v) is 2.25. The van der Waals surface area contributed by atoms with Crippen LogP contribution in [0.15, 0.2) is 24.3 Å². The topological polar surface area (TPSA) is 32.3 Å². The Balaban J connectivity index is 2.34. The van der Waals surface area contributed by atoms with E-state index in [0.29, 0.717) is 0 Å². The van der Waals surface area contributed by atoms with E-state index < -0.39 is 0 Å². The van der Waals surface area contributed by atoms with E-state index in [1.807, 2.05) is 0 Å². The first-order valence-electron chi connectivity index (χ1n) is 5.30. The number of hydrogen-bond donors (Lipinski definition) is 2. The molecule has 0 fully saturated rings. The number of benzene rings is 1. The van der Waals surface area contributed by atoms with Crippen LogP contribution in [-0.2, 0) is 6.42 Å². The molecule has 2 N–H and O–H groups in total. The highest BCUT2D eigenvalue weighted by Crippen LogP contribution is 2.10. The number of anilines is 1. The summed E-state index contributed by atoms with van der Waals surface area (Å²) in [6, 6.07) is 8.48. The second-order valence-electron chi connectivity index (χ2n) is 3.41. The van der Waals surface area contributed by atoms with Crippen LogP contribution in [0.3, 0.4) is 0 Å². The number of aliphatic hydroxyl groups is 1. The monoisotopic (exact) mass is 193 g/mol. The maximum absolute atomic E-state index is 8.62. The summed E-state index contributed by atoms with van der Waals surface area (Å²) in [5.74, 6) is 0. The Morgan fingerprint density at radius 1 is 1.29 bits per heavy atom. The van der Waals surface area contributed by atoms with Gasteiger partial charge in [0.05, 0.1) is 0 Å². The Labute approximate surface area is 86.0 Å². The summed E-state index contributed by atoms with van der Waals surface area (Å²) >= 11 is 0. The summed E-state index contributed by atoms with van der Waals surface area (Å²) in [6.45, 7) is 3.38. The molecule has 0 bridgehead atoms. The van der Waals surface area contributed by atoms with Crippen molar-refractivity contribution >= 4 is 5.69 Å². The van der Waals surface area contributed by atoms with Crippen molar-refractivity contribution in [1.29, 1.82) is 0 Å².